The van der Waals surface area contributed by atoms with Crippen LogP contribution in [0, 0.1) is 5.82 Å². The second-order valence-corrected chi connectivity index (χ2v) is 10.3. The zero-order chi connectivity index (χ0) is 27.4. The van der Waals surface area contributed by atoms with Crippen LogP contribution in [0.1, 0.15) is 34.6 Å². The van der Waals surface area contributed by atoms with Crippen molar-refractivity contribution in [3.05, 3.63) is 83.8 Å². The predicted molar refractivity (Wildman–Crippen MR) is 152 cm³/mol. The number of hydrogen-bond donors (Lipinski definition) is 1. The summed E-state index contributed by atoms with van der Waals surface area (Å²) < 4.78 is 13.2. The number of carbonyl (C=O) groups is 2. The first-order valence-electron chi connectivity index (χ1n) is 13.5. The molecule has 1 N–H and O–H groups in total. The number of amides is 2. The van der Waals surface area contributed by atoms with Crippen molar-refractivity contribution in [1.29, 1.82) is 0 Å². The summed E-state index contributed by atoms with van der Waals surface area (Å²) >= 11 is 0. The van der Waals surface area contributed by atoms with Crippen molar-refractivity contribution in [2.24, 2.45) is 0 Å². The first-order chi connectivity index (χ1) is 18.9. The lowest BCUT2D eigenvalue weighted by Gasteiger charge is -2.36. The van der Waals surface area contributed by atoms with Crippen LogP contribution in [0.5, 0.6) is 0 Å². The van der Waals surface area contributed by atoms with Crippen LogP contribution in [0.4, 0.5) is 21.6 Å². The van der Waals surface area contributed by atoms with Gasteiger partial charge in [0.25, 0.3) is 11.8 Å². The van der Waals surface area contributed by atoms with Crippen LogP contribution >= 0.6 is 0 Å². The fourth-order valence-corrected chi connectivity index (χ4v) is 5.13. The van der Waals surface area contributed by atoms with Crippen molar-refractivity contribution in [2.45, 2.75) is 19.9 Å². The van der Waals surface area contributed by atoms with Gasteiger partial charge in [-0.2, -0.15) is 0 Å². The van der Waals surface area contributed by atoms with Gasteiger partial charge in [0.1, 0.15) is 5.82 Å². The van der Waals surface area contributed by atoms with Gasteiger partial charge in [0, 0.05) is 81.4 Å². The third kappa shape index (κ3) is 6.13. The van der Waals surface area contributed by atoms with E-state index < -0.39 is 0 Å². The van der Waals surface area contributed by atoms with Gasteiger partial charge >= 0.3 is 0 Å². The highest BCUT2D eigenvalue weighted by atomic mass is 19.1. The third-order valence-electron chi connectivity index (χ3n) is 7.23. The highest BCUT2D eigenvalue weighted by Crippen LogP contribution is 2.25. The van der Waals surface area contributed by atoms with Crippen LogP contribution in [0.3, 0.4) is 0 Å². The molecule has 0 aliphatic carbocycles. The Balaban J connectivity index is 1.14. The molecule has 204 valence electrons. The maximum Gasteiger partial charge on any atom is 0.253 e. The average Bonchev–Trinajstić information content (AvgIpc) is 2.97. The zero-order valence-corrected chi connectivity index (χ0v) is 22.5. The van der Waals surface area contributed by atoms with E-state index >= 15 is 0 Å². The first kappa shape index (κ1) is 26.5. The van der Waals surface area contributed by atoms with Crippen LogP contribution < -0.4 is 15.1 Å². The van der Waals surface area contributed by atoms with E-state index in [9.17, 15) is 14.0 Å². The highest BCUT2D eigenvalue weighted by molar-refractivity contribution is 5.98. The normalized spacial score (nSPS) is 16.0. The summed E-state index contributed by atoms with van der Waals surface area (Å²) in [7, 11) is 0. The van der Waals surface area contributed by atoms with Gasteiger partial charge in [-0.25, -0.2) is 9.37 Å². The molecule has 2 saturated heterocycles. The standard InChI is InChI=1S/C30H35FN6O2/c1-22(2)33-27-4-3-13-32-28(27)35-16-20-37(21-17-35)30(39)24-7-5-23(6-8-24)29(38)36-18-14-34(15-19-36)26-11-9-25(31)10-12-26/h3-13,22,33H,14-21H2,1-2H3. The molecule has 0 bridgehead atoms. The molecule has 3 aromatic rings. The van der Waals surface area contributed by atoms with E-state index in [2.05, 4.69) is 33.9 Å². The number of nitrogens with zero attached hydrogens (tertiary/aromatic N) is 5. The second-order valence-electron chi connectivity index (χ2n) is 10.3. The molecule has 0 saturated carbocycles. The van der Waals surface area contributed by atoms with Gasteiger partial charge in [-0.15, -0.1) is 0 Å². The maximum atomic E-state index is 13.2. The van der Waals surface area contributed by atoms with Gasteiger partial charge in [0.15, 0.2) is 5.82 Å². The van der Waals surface area contributed by atoms with Crippen molar-refractivity contribution in [2.75, 3.05) is 67.5 Å². The molecule has 0 atom stereocenters. The minimum absolute atomic E-state index is 0.0249. The molecule has 8 nitrogen and oxygen atoms in total. The number of nitrogens with one attached hydrogen (secondary N) is 1. The smallest absolute Gasteiger partial charge is 0.253 e. The second kappa shape index (κ2) is 11.7. The molecule has 9 heteroatoms. The number of benzene rings is 2. The molecule has 39 heavy (non-hydrogen) atoms. The number of halogens is 1. The lowest BCUT2D eigenvalue weighted by molar-refractivity contribution is 0.0734. The molecule has 2 fully saturated rings. The molecule has 2 amide bonds. The maximum absolute atomic E-state index is 13.2. The van der Waals surface area contributed by atoms with E-state index in [-0.39, 0.29) is 17.6 Å². The molecule has 2 aliphatic heterocycles. The Morgan fingerprint density at radius 2 is 1.26 bits per heavy atom. The Morgan fingerprint density at radius 3 is 1.77 bits per heavy atom. The van der Waals surface area contributed by atoms with Crippen LogP contribution in [0.2, 0.25) is 0 Å². The van der Waals surface area contributed by atoms with E-state index in [1.807, 2.05) is 21.9 Å². The molecule has 0 radical (unpaired) electrons. The summed E-state index contributed by atoms with van der Waals surface area (Å²) in [6.07, 6.45) is 1.80. The average molecular weight is 531 g/mol. The lowest BCUT2D eigenvalue weighted by Crippen LogP contribution is -2.49. The van der Waals surface area contributed by atoms with Crippen LogP contribution in [-0.2, 0) is 0 Å². The molecule has 1 aromatic heterocycles. The fraction of sp³-hybridized carbons (Fsp3) is 0.367. The summed E-state index contributed by atoms with van der Waals surface area (Å²) in [5, 5.41) is 3.45. The Labute approximate surface area is 229 Å². The Bertz CT molecular complexity index is 1280. The summed E-state index contributed by atoms with van der Waals surface area (Å²) in [4.78, 5) is 38.9. The van der Waals surface area contributed by atoms with Crippen LogP contribution in [-0.4, -0.2) is 85.0 Å². The van der Waals surface area contributed by atoms with E-state index in [1.54, 1.807) is 42.6 Å². The van der Waals surface area contributed by atoms with E-state index in [0.29, 0.717) is 69.5 Å². The summed E-state index contributed by atoms with van der Waals surface area (Å²) in [6.45, 7) is 9.38. The van der Waals surface area contributed by atoms with E-state index in [4.69, 9.17) is 0 Å². The molecule has 2 aromatic carbocycles. The number of pyridine rings is 1. The Kier molecular flexibility index (Phi) is 7.95. The number of hydrogen-bond acceptors (Lipinski definition) is 6. The van der Waals surface area contributed by atoms with E-state index in [1.165, 1.54) is 12.1 Å². The van der Waals surface area contributed by atoms with Gasteiger partial charge < -0.3 is 24.9 Å². The minimum atomic E-state index is -0.255. The lowest BCUT2D eigenvalue weighted by atomic mass is 10.1. The van der Waals surface area contributed by atoms with Gasteiger partial charge in [-0.3, -0.25) is 9.59 Å². The molecular formula is C30H35FN6O2. The van der Waals surface area contributed by atoms with Gasteiger partial charge in [-0.05, 0) is 74.5 Å². The van der Waals surface area contributed by atoms with Crippen LogP contribution in [0.25, 0.3) is 0 Å². The topological polar surface area (TPSA) is 72.0 Å². The van der Waals surface area contributed by atoms with Gasteiger partial charge in [0.05, 0.1) is 5.69 Å². The molecular weight excluding hydrogens is 495 g/mol. The molecule has 5 rings (SSSR count). The molecule has 3 heterocycles. The summed E-state index contributed by atoms with van der Waals surface area (Å²) in [6, 6.07) is 17.7. The number of aromatic nitrogens is 1. The number of piperazine rings is 2. The highest BCUT2D eigenvalue weighted by Gasteiger charge is 2.26. The van der Waals surface area contributed by atoms with Gasteiger partial charge in [-0.1, -0.05) is 0 Å². The fourth-order valence-electron chi connectivity index (χ4n) is 5.13. The van der Waals surface area contributed by atoms with Crippen molar-refractivity contribution < 1.29 is 14.0 Å². The number of anilines is 3. The summed E-state index contributed by atoms with van der Waals surface area (Å²) in [5.74, 6) is 0.597. The zero-order valence-electron chi connectivity index (χ0n) is 22.5. The largest absolute Gasteiger partial charge is 0.380 e. The van der Waals surface area contributed by atoms with Crippen molar-refractivity contribution in [1.82, 2.24) is 14.8 Å². The molecule has 2 aliphatic rings. The first-order valence-corrected chi connectivity index (χ1v) is 13.5. The third-order valence-corrected chi connectivity index (χ3v) is 7.23. The SMILES string of the molecule is CC(C)Nc1cccnc1N1CCN(C(=O)c2ccc(C(=O)N3CCN(c4ccc(F)cc4)CC3)cc2)CC1. The quantitative estimate of drug-likeness (QED) is 0.520. The monoisotopic (exact) mass is 530 g/mol. The van der Waals surface area contributed by atoms with Crippen molar-refractivity contribution >= 4 is 29.0 Å². The molecule has 0 unspecified atom stereocenters. The van der Waals surface area contributed by atoms with Crippen molar-refractivity contribution in [3.8, 4) is 0 Å². The van der Waals surface area contributed by atoms with Gasteiger partial charge in [0.2, 0.25) is 0 Å². The number of carbonyl (C=O) groups excluding carboxylic acids is 2. The summed E-state index contributed by atoms with van der Waals surface area (Å²) in [5.41, 5.74) is 3.12. The molecule has 0 spiro atoms. The number of rotatable bonds is 6. The van der Waals surface area contributed by atoms with Crippen molar-refractivity contribution in [3.63, 3.8) is 0 Å². The minimum Gasteiger partial charge on any atom is -0.380 e. The van der Waals surface area contributed by atoms with E-state index in [0.717, 1.165) is 17.2 Å². The Hall–Kier alpha value is -4.14. The predicted octanol–water partition coefficient (Wildman–Crippen LogP) is 3.97. The Morgan fingerprint density at radius 1 is 0.744 bits per heavy atom. The van der Waals surface area contributed by atoms with Crippen LogP contribution in [0.15, 0.2) is 66.9 Å².